The van der Waals surface area contributed by atoms with Crippen molar-refractivity contribution >= 4 is 29.5 Å². The Labute approximate surface area is 387 Å². The predicted molar refractivity (Wildman–Crippen MR) is 234 cm³/mol. The minimum absolute atomic E-state index is 0.00958. The number of hydrogen-bond donors (Lipinski definition) is 10. The standard InChI is InChI=1S/C44H65N5O18/c1-26-39(55)33(50)23-38(66-26)62-18-16-60-14-12-47-36(53)24-64-31-8-6-28(7-9-31)29-20-30(43(59)49-11-10-46-35(52)5-3-4-34(45)51)22-32(21-29)65-25-37(54)48-13-15-61-17-19-63-44-42(58)41(57)40(56)27(2)67-44/h6-9,20-22,26-27,33,38-42,44,50,55-58H,3-5,10-19,23-25H2,1-2H3,(H2,45,51)(H,46,52)(H,47,53)(H,48,54)(H,49,59)/t26-,27-,33-,38+,39-,40-,41+,42+,44+/m0/s1. The molecule has 2 aliphatic heterocycles. The van der Waals surface area contributed by atoms with Gasteiger partial charge in [-0.3, -0.25) is 24.0 Å². The summed E-state index contributed by atoms with van der Waals surface area (Å²) < 4.78 is 44.2. The Morgan fingerprint density at radius 2 is 1.21 bits per heavy atom. The molecule has 2 aromatic carbocycles. The van der Waals surface area contributed by atoms with Crippen LogP contribution in [-0.2, 0) is 47.6 Å². The van der Waals surface area contributed by atoms with Crippen molar-refractivity contribution in [3.8, 4) is 22.6 Å². The van der Waals surface area contributed by atoms with Gasteiger partial charge in [0.2, 0.25) is 11.8 Å². The molecule has 67 heavy (non-hydrogen) atoms. The summed E-state index contributed by atoms with van der Waals surface area (Å²) >= 11 is 0. The van der Waals surface area contributed by atoms with Gasteiger partial charge in [-0.05, 0) is 61.7 Å². The molecule has 2 aliphatic rings. The molecule has 23 heteroatoms. The lowest BCUT2D eigenvalue weighted by molar-refractivity contribution is -0.294. The summed E-state index contributed by atoms with van der Waals surface area (Å²) in [6, 6.07) is 11.5. The molecule has 0 saturated carbocycles. The van der Waals surface area contributed by atoms with Crippen molar-refractivity contribution in [3.05, 3.63) is 48.0 Å². The van der Waals surface area contributed by atoms with E-state index in [2.05, 4.69) is 21.3 Å². The maximum absolute atomic E-state index is 13.3. The molecule has 2 saturated heterocycles. The highest BCUT2D eigenvalue weighted by Gasteiger charge is 2.42. The number of aliphatic hydroxyl groups excluding tert-OH is 5. The van der Waals surface area contributed by atoms with Gasteiger partial charge >= 0.3 is 0 Å². The second-order valence-corrected chi connectivity index (χ2v) is 15.7. The van der Waals surface area contributed by atoms with Crippen LogP contribution in [0.3, 0.4) is 0 Å². The van der Waals surface area contributed by atoms with E-state index in [0.717, 1.165) is 0 Å². The number of carbonyl (C=O) groups excluding carboxylic acids is 5. The third kappa shape index (κ3) is 19.6. The second kappa shape index (κ2) is 29.0. The number of hydrogen-bond acceptors (Lipinski definition) is 18. The maximum atomic E-state index is 13.3. The molecule has 374 valence electrons. The van der Waals surface area contributed by atoms with Gasteiger partial charge in [0, 0.05) is 51.0 Å². The van der Waals surface area contributed by atoms with Crippen molar-refractivity contribution in [2.45, 2.75) is 94.8 Å². The van der Waals surface area contributed by atoms with Crippen molar-refractivity contribution in [1.29, 1.82) is 0 Å². The molecule has 5 amide bonds. The van der Waals surface area contributed by atoms with Crippen LogP contribution >= 0.6 is 0 Å². The normalized spacial score (nSPS) is 23.7. The van der Waals surface area contributed by atoms with E-state index in [9.17, 15) is 49.5 Å². The lowest BCUT2D eigenvalue weighted by Gasteiger charge is -2.38. The van der Waals surface area contributed by atoms with Gasteiger partial charge in [0.25, 0.3) is 17.7 Å². The number of primary amides is 1. The van der Waals surface area contributed by atoms with Crippen molar-refractivity contribution in [1.82, 2.24) is 21.3 Å². The summed E-state index contributed by atoms with van der Waals surface area (Å²) in [6.45, 7) is 3.95. The first-order valence-electron chi connectivity index (χ1n) is 22.1. The fourth-order valence-electron chi connectivity index (χ4n) is 6.59. The van der Waals surface area contributed by atoms with E-state index in [1.165, 1.54) is 6.07 Å². The van der Waals surface area contributed by atoms with Crippen LogP contribution in [0.25, 0.3) is 11.1 Å². The minimum atomic E-state index is -1.43. The lowest BCUT2D eigenvalue weighted by Crippen LogP contribution is -2.57. The summed E-state index contributed by atoms with van der Waals surface area (Å²) in [7, 11) is 0. The van der Waals surface area contributed by atoms with Crippen LogP contribution in [-0.4, -0.2) is 189 Å². The maximum Gasteiger partial charge on any atom is 0.258 e. The molecule has 0 aliphatic carbocycles. The number of amides is 5. The van der Waals surface area contributed by atoms with E-state index in [0.29, 0.717) is 23.3 Å². The minimum Gasteiger partial charge on any atom is -0.484 e. The van der Waals surface area contributed by atoms with Gasteiger partial charge in [0.15, 0.2) is 25.8 Å². The molecular weight excluding hydrogens is 887 g/mol. The molecular formula is C44H65N5O18. The Morgan fingerprint density at radius 1 is 0.612 bits per heavy atom. The molecule has 0 aromatic heterocycles. The van der Waals surface area contributed by atoms with Crippen LogP contribution in [0.15, 0.2) is 42.5 Å². The Bertz CT molecular complexity index is 1850. The number of aliphatic hydroxyl groups is 5. The third-order valence-electron chi connectivity index (χ3n) is 10.3. The second-order valence-electron chi connectivity index (χ2n) is 15.7. The van der Waals surface area contributed by atoms with Crippen LogP contribution in [0, 0.1) is 0 Å². The molecule has 9 atom stereocenters. The highest BCUT2D eigenvalue weighted by molar-refractivity contribution is 5.96. The first kappa shape index (κ1) is 54.6. The Hall–Kier alpha value is -5.05. The van der Waals surface area contributed by atoms with E-state index in [4.69, 9.17) is 43.6 Å². The number of nitrogens with two attached hydrogens (primary N) is 1. The van der Waals surface area contributed by atoms with Crippen LogP contribution in [0.2, 0.25) is 0 Å². The highest BCUT2D eigenvalue weighted by atomic mass is 16.7. The number of benzene rings is 2. The predicted octanol–water partition coefficient (Wildman–Crippen LogP) is -2.40. The summed E-state index contributed by atoms with van der Waals surface area (Å²) in [6.07, 6.45) is -8.42. The smallest absolute Gasteiger partial charge is 0.258 e. The van der Waals surface area contributed by atoms with Gasteiger partial charge < -0.3 is 90.4 Å². The van der Waals surface area contributed by atoms with Crippen molar-refractivity contribution in [3.63, 3.8) is 0 Å². The monoisotopic (exact) mass is 951 g/mol. The molecule has 2 aromatic rings. The highest BCUT2D eigenvalue weighted by Crippen LogP contribution is 2.28. The van der Waals surface area contributed by atoms with Crippen LogP contribution in [0.4, 0.5) is 0 Å². The van der Waals surface area contributed by atoms with Gasteiger partial charge in [-0.1, -0.05) is 12.1 Å². The van der Waals surface area contributed by atoms with Gasteiger partial charge in [0.05, 0.1) is 58.0 Å². The fraction of sp³-hybridized carbons (Fsp3) is 0.614. The summed E-state index contributed by atoms with van der Waals surface area (Å²) in [5.74, 6) is -1.53. The fourth-order valence-corrected chi connectivity index (χ4v) is 6.59. The van der Waals surface area contributed by atoms with Crippen molar-refractivity contribution < 1.29 is 87.4 Å². The molecule has 2 fully saturated rings. The zero-order chi connectivity index (χ0) is 48.7. The van der Waals surface area contributed by atoms with Crippen LogP contribution in [0.1, 0.15) is 49.9 Å². The molecule has 0 spiro atoms. The molecule has 0 bridgehead atoms. The summed E-state index contributed by atoms with van der Waals surface area (Å²) in [5, 5.41) is 60.2. The quantitative estimate of drug-likeness (QED) is 0.0380. The lowest BCUT2D eigenvalue weighted by atomic mass is 10.0. The van der Waals surface area contributed by atoms with E-state index < -0.39 is 79.6 Å². The van der Waals surface area contributed by atoms with Gasteiger partial charge in [-0.25, -0.2) is 0 Å². The molecule has 11 N–H and O–H groups in total. The first-order chi connectivity index (χ1) is 32.1. The zero-order valence-corrected chi connectivity index (χ0v) is 37.7. The molecule has 0 radical (unpaired) electrons. The largest absolute Gasteiger partial charge is 0.484 e. The van der Waals surface area contributed by atoms with Crippen molar-refractivity contribution in [2.75, 3.05) is 79.0 Å². The molecule has 4 rings (SSSR count). The number of rotatable bonds is 29. The molecule has 2 heterocycles. The number of ether oxygens (including phenoxy) is 8. The van der Waals surface area contributed by atoms with E-state index in [1.54, 1.807) is 50.2 Å². The summed E-state index contributed by atoms with van der Waals surface area (Å²) in [5.41, 5.74) is 6.52. The first-order valence-corrected chi connectivity index (χ1v) is 22.1. The molecule has 23 nitrogen and oxygen atoms in total. The van der Waals surface area contributed by atoms with Crippen LogP contribution < -0.4 is 36.5 Å². The van der Waals surface area contributed by atoms with Crippen LogP contribution in [0.5, 0.6) is 11.5 Å². The average molecular weight is 952 g/mol. The summed E-state index contributed by atoms with van der Waals surface area (Å²) in [4.78, 5) is 61.3. The Balaban J connectivity index is 1.22. The Kier molecular flexibility index (Phi) is 23.6. The average Bonchev–Trinajstić information content (AvgIpc) is 3.30. The van der Waals surface area contributed by atoms with E-state index in [1.807, 2.05) is 0 Å². The zero-order valence-electron chi connectivity index (χ0n) is 37.7. The topological polar surface area (TPSA) is 334 Å². The third-order valence-corrected chi connectivity index (χ3v) is 10.3. The van der Waals surface area contributed by atoms with Gasteiger partial charge in [-0.15, -0.1) is 0 Å². The van der Waals surface area contributed by atoms with Crippen molar-refractivity contribution in [2.24, 2.45) is 5.73 Å². The Morgan fingerprint density at radius 3 is 1.85 bits per heavy atom. The molecule has 0 unspecified atom stereocenters. The van der Waals surface area contributed by atoms with Gasteiger partial charge in [-0.2, -0.15) is 0 Å². The SMILES string of the molecule is C[C@@H]1O[C@@H](OCCOCCNC(=O)COc2cc(C(=O)NCCNC(=O)CCCC(N)=O)cc(-c3ccc(OCC(=O)NCCOCCO[C@H]4C[C@H](O)[C@@H](O)[C@H](C)O4)cc3)c2)[C@H](O)[C@H](O)[C@H]1O. The van der Waals surface area contributed by atoms with E-state index >= 15 is 0 Å². The van der Waals surface area contributed by atoms with E-state index in [-0.39, 0.29) is 115 Å². The number of nitrogens with one attached hydrogen (secondary N) is 4. The number of carbonyl (C=O) groups is 5. The van der Waals surface area contributed by atoms with Gasteiger partial charge in [0.1, 0.15) is 35.9 Å².